The number of carbonyl (C=O) groups excluding carboxylic acids is 1. The van der Waals surface area contributed by atoms with Crippen molar-refractivity contribution in [3.8, 4) is 0 Å². The van der Waals surface area contributed by atoms with Gasteiger partial charge in [0.15, 0.2) is 15.7 Å². The molecule has 1 aromatic rings. The Labute approximate surface area is 121 Å². The third-order valence-electron chi connectivity index (χ3n) is 2.64. The van der Waals surface area contributed by atoms with Gasteiger partial charge >= 0.3 is 0 Å². The van der Waals surface area contributed by atoms with Crippen molar-refractivity contribution in [3.05, 3.63) is 28.8 Å². The number of anilines is 1. The molecule has 0 aliphatic rings. The lowest BCUT2D eigenvalue weighted by atomic mass is 10.2. The predicted molar refractivity (Wildman–Crippen MR) is 76.9 cm³/mol. The number of amidine groups is 1. The van der Waals surface area contributed by atoms with E-state index in [0.29, 0.717) is 5.56 Å². The maximum atomic E-state index is 11.8. The van der Waals surface area contributed by atoms with E-state index in [0.717, 1.165) is 6.26 Å². The lowest BCUT2D eigenvalue weighted by Crippen LogP contribution is -2.32. The number of halogens is 1. The van der Waals surface area contributed by atoms with Crippen LogP contribution >= 0.6 is 11.6 Å². The molecule has 20 heavy (non-hydrogen) atoms. The molecule has 1 atom stereocenters. The van der Waals surface area contributed by atoms with Crippen molar-refractivity contribution in [2.45, 2.75) is 12.2 Å². The van der Waals surface area contributed by atoms with E-state index in [9.17, 15) is 13.2 Å². The first-order valence-electron chi connectivity index (χ1n) is 5.44. The lowest BCUT2D eigenvalue weighted by Gasteiger charge is -2.12. The molecular weight excluding hydrogens is 306 g/mol. The first-order chi connectivity index (χ1) is 9.16. The van der Waals surface area contributed by atoms with Gasteiger partial charge in [0.25, 0.3) is 0 Å². The second-order valence-electron chi connectivity index (χ2n) is 4.14. The van der Waals surface area contributed by atoms with Gasteiger partial charge in [-0.1, -0.05) is 16.8 Å². The molecule has 0 aliphatic heterocycles. The Balaban J connectivity index is 3.07. The van der Waals surface area contributed by atoms with E-state index in [2.05, 4.69) is 10.5 Å². The predicted octanol–water partition coefficient (Wildman–Crippen LogP) is 0.806. The molecule has 7 nitrogen and oxygen atoms in total. The Morgan fingerprint density at radius 2 is 2.10 bits per heavy atom. The molecule has 0 radical (unpaired) electrons. The molecule has 0 spiro atoms. The molecule has 0 aromatic heterocycles. The van der Waals surface area contributed by atoms with E-state index in [1.165, 1.54) is 25.1 Å². The van der Waals surface area contributed by atoms with Gasteiger partial charge in [-0.25, -0.2) is 8.42 Å². The number of hydrogen-bond donors (Lipinski definition) is 3. The second-order valence-corrected chi connectivity index (χ2v) is 6.91. The van der Waals surface area contributed by atoms with Gasteiger partial charge in [0.1, 0.15) is 5.25 Å². The van der Waals surface area contributed by atoms with Crippen LogP contribution in [0.4, 0.5) is 5.69 Å². The van der Waals surface area contributed by atoms with E-state index in [1.807, 2.05) is 0 Å². The topological polar surface area (TPSA) is 122 Å². The van der Waals surface area contributed by atoms with Crippen molar-refractivity contribution in [2.75, 3.05) is 11.6 Å². The molecule has 0 heterocycles. The number of nitrogens with one attached hydrogen (secondary N) is 1. The fourth-order valence-corrected chi connectivity index (χ4v) is 1.88. The first-order valence-corrected chi connectivity index (χ1v) is 7.77. The highest BCUT2D eigenvalue weighted by molar-refractivity contribution is 7.92. The highest BCUT2D eigenvalue weighted by Crippen LogP contribution is 2.23. The summed E-state index contributed by atoms with van der Waals surface area (Å²) in [5.74, 6) is -0.876. The van der Waals surface area contributed by atoms with Gasteiger partial charge in [-0.2, -0.15) is 0 Å². The van der Waals surface area contributed by atoms with Crippen molar-refractivity contribution in [1.29, 1.82) is 0 Å². The maximum Gasteiger partial charge on any atom is 0.242 e. The molecule has 0 aliphatic carbocycles. The molecule has 0 saturated heterocycles. The van der Waals surface area contributed by atoms with Gasteiger partial charge < -0.3 is 16.3 Å². The molecule has 9 heteroatoms. The number of nitrogens with zero attached hydrogens (tertiary/aromatic N) is 1. The molecule has 0 fully saturated rings. The normalized spacial score (nSPS) is 13.8. The smallest absolute Gasteiger partial charge is 0.242 e. The summed E-state index contributed by atoms with van der Waals surface area (Å²) in [6.45, 7) is 1.27. The number of carbonyl (C=O) groups is 1. The van der Waals surface area contributed by atoms with Crippen molar-refractivity contribution >= 4 is 38.9 Å². The summed E-state index contributed by atoms with van der Waals surface area (Å²) in [4.78, 5) is 11.8. The van der Waals surface area contributed by atoms with E-state index >= 15 is 0 Å². The summed E-state index contributed by atoms with van der Waals surface area (Å²) >= 11 is 5.90. The van der Waals surface area contributed by atoms with Crippen LogP contribution < -0.4 is 11.1 Å². The highest BCUT2D eigenvalue weighted by atomic mass is 35.5. The third-order valence-corrected chi connectivity index (χ3v) is 4.47. The van der Waals surface area contributed by atoms with E-state index in [-0.39, 0.29) is 16.5 Å². The van der Waals surface area contributed by atoms with Crippen LogP contribution in [0.5, 0.6) is 0 Å². The van der Waals surface area contributed by atoms with Crippen molar-refractivity contribution in [2.24, 2.45) is 10.9 Å². The van der Waals surface area contributed by atoms with Crippen molar-refractivity contribution < 1.29 is 18.4 Å². The van der Waals surface area contributed by atoms with Gasteiger partial charge in [-0.05, 0) is 25.1 Å². The standard InChI is InChI=1S/C11H14ClN3O4S/c1-6(20(2,18)19)11(16)14-9-5-7(10(13)15-17)3-4-8(9)12/h3-6,17H,1-2H3,(H2,13,15)(H,14,16). The maximum absolute atomic E-state index is 11.8. The zero-order valence-electron chi connectivity index (χ0n) is 10.8. The summed E-state index contributed by atoms with van der Waals surface area (Å²) < 4.78 is 22.6. The second kappa shape index (κ2) is 6.10. The van der Waals surface area contributed by atoms with Gasteiger partial charge in [-0.15, -0.1) is 0 Å². The average molecular weight is 320 g/mol. The summed E-state index contributed by atoms with van der Waals surface area (Å²) in [6, 6.07) is 4.31. The largest absolute Gasteiger partial charge is 0.409 e. The zero-order valence-corrected chi connectivity index (χ0v) is 12.4. The van der Waals surface area contributed by atoms with Crippen LogP contribution in [0.2, 0.25) is 5.02 Å². The number of amides is 1. The number of sulfone groups is 1. The lowest BCUT2D eigenvalue weighted by molar-refractivity contribution is -0.115. The van der Waals surface area contributed by atoms with Gasteiger partial charge in [0.2, 0.25) is 5.91 Å². The Hall–Kier alpha value is -1.80. The van der Waals surface area contributed by atoms with E-state index in [1.54, 1.807) is 0 Å². The Morgan fingerprint density at radius 3 is 2.60 bits per heavy atom. The summed E-state index contributed by atoms with van der Waals surface area (Å²) in [7, 11) is -3.51. The molecule has 110 valence electrons. The number of benzene rings is 1. The molecule has 0 saturated carbocycles. The average Bonchev–Trinajstić information content (AvgIpc) is 2.38. The van der Waals surface area contributed by atoms with Gasteiger partial charge in [-0.3, -0.25) is 4.79 Å². The van der Waals surface area contributed by atoms with Crippen LogP contribution in [-0.2, 0) is 14.6 Å². The monoisotopic (exact) mass is 319 g/mol. The number of hydrogen-bond acceptors (Lipinski definition) is 5. The fourth-order valence-electron chi connectivity index (χ4n) is 1.27. The number of rotatable bonds is 4. The summed E-state index contributed by atoms with van der Waals surface area (Å²) in [5, 5.41) is 12.8. The van der Waals surface area contributed by atoms with Crippen LogP contribution in [-0.4, -0.2) is 36.9 Å². The molecular formula is C11H14ClN3O4S. The molecule has 0 bridgehead atoms. The minimum Gasteiger partial charge on any atom is -0.409 e. The molecule has 1 aromatic carbocycles. The van der Waals surface area contributed by atoms with E-state index < -0.39 is 21.0 Å². The third kappa shape index (κ3) is 3.84. The number of nitrogens with two attached hydrogens (primary N) is 1. The minimum atomic E-state index is -3.51. The SMILES string of the molecule is CC(C(=O)Nc1cc(/C(N)=N/O)ccc1Cl)S(C)(=O)=O. The Kier molecular flexibility index (Phi) is 4.96. The van der Waals surface area contributed by atoms with Crippen LogP contribution in [0.3, 0.4) is 0 Å². The van der Waals surface area contributed by atoms with E-state index in [4.69, 9.17) is 22.5 Å². The molecule has 4 N–H and O–H groups in total. The zero-order chi connectivity index (χ0) is 15.5. The molecule has 1 rings (SSSR count). The van der Waals surface area contributed by atoms with Crippen LogP contribution in [0.25, 0.3) is 0 Å². The summed E-state index contributed by atoms with van der Waals surface area (Å²) in [5.41, 5.74) is 5.93. The van der Waals surface area contributed by atoms with Gasteiger partial charge in [0, 0.05) is 11.8 Å². The Bertz CT molecular complexity index is 658. The molecule has 1 amide bonds. The van der Waals surface area contributed by atoms with Crippen molar-refractivity contribution in [1.82, 2.24) is 0 Å². The molecule has 1 unspecified atom stereocenters. The quantitative estimate of drug-likeness (QED) is 0.328. The first kappa shape index (κ1) is 16.3. The Morgan fingerprint density at radius 1 is 1.50 bits per heavy atom. The van der Waals surface area contributed by atoms with Crippen molar-refractivity contribution in [3.63, 3.8) is 0 Å². The van der Waals surface area contributed by atoms with Crippen LogP contribution in [0.15, 0.2) is 23.4 Å². The fraction of sp³-hybridized carbons (Fsp3) is 0.273. The van der Waals surface area contributed by atoms with Crippen LogP contribution in [0, 0.1) is 0 Å². The minimum absolute atomic E-state index is 0.159. The van der Waals surface area contributed by atoms with Crippen LogP contribution in [0.1, 0.15) is 12.5 Å². The number of oxime groups is 1. The highest BCUT2D eigenvalue weighted by Gasteiger charge is 2.24. The van der Waals surface area contributed by atoms with Gasteiger partial charge in [0.05, 0.1) is 10.7 Å². The summed E-state index contributed by atoms with van der Waals surface area (Å²) in [6.07, 6.45) is 0.964.